The second-order valence-corrected chi connectivity index (χ2v) is 0. The topological polar surface area (TPSA) is 0 Å². The molecule has 0 bridgehead atoms. The molecule has 9 heteroatoms. The molecule has 0 aliphatic heterocycles. The maximum Gasteiger partial charge on any atom is 3.00 e. The van der Waals surface area contributed by atoms with Gasteiger partial charge in [-0.1, -0.05) is 0 Å². The van der Waals surface area contributed by atoms with E-state index in [0.29, 0.717) is 0 Å². The van der Waals surface area contributed by atoms with E-state index in [2.05, 4.69) is 0 Å². The van der Waals surface area contributed by atoms with Crippen molar-refractivity contribution in [3.8, 4) is 0 Å². The van der Waals surface area contributed by atoms with E-state index >= 15 is 0 Å². The van der Waals surface area contributed by atoms with Crippen LogP contribution >= 0.6 is 0 Å². The van der Waals surface area contributed by atoms with Gasteiger partial charge in [0.25, 0.3) is 0 Å². The van der Waals surface area contributed by atoms with Crippen molar-refractivity contribution < 1.29 is 34.1 Å². The monoisotopic (exact) mass is 755 g/mol. The van der Waals surface area contributed by atoms with Crippen LogP contribution in [-0.2, 0) is 34.1 Å². The number of hydrogen-bond acceptors (Lipinski definition) is 0. The van der Waals surface area contributed by atoms with E-state index in [4.69, 9.17) is 0 Å². The first-order valence-electron chi connectivity index (χ1n) is 0. The van der Waals surface area contributed by atoms with Crippen molar-refractivity contribution in [2.45, 2.75) is 0 Å². The molecule has 0 amide bonds. The van der Waals surface area contributed by atoms with Crippen LogP contribution in [0, 0.1) is 0 Å². The quantitative estimate of drug-likeness (QED) is 0.238. The van der Waals surface area contributed by atoms with Gasteiger partial charge in [0.05, 0.1) is 0 Å². The average Bonchev–Trinajstić information content (AvgIpc) is 0. The molecular weight excluding hydrogens is 752 g/mol. The van der Waals surface area contributed by atoms with Gasteiger partial charge < -0.3 is 85.3 Å². The molecule has 0 heterocycles. The Bertz CT molecular complexity index is 12.9. The molecule has 2 radical (unpaired) electrons. The predicted octanol–water partition coefficient (Wildman–Crippen LogP) is -2.67. The molecular formula is Cu2In2Se5. The van der Waals surface area contributed by atoms with Crippen molar-refractivity contribution >= 4 is 137 Å². The van der Waals surface area contributed by atoms with Crippen molar-refractivity contribution in [2.24, 2.45) is 0 Å². The molecule has 0 N–H and O–H groups in total. The maximum absolute atomic E-state index is 0. The second kappa shape index (κ2) is 70.9. The van der Waals surface area contributed by atoms with E-state index in [0.717, 1.165) is 0 Å². The zero-order chi connectivity index (χ0) is 0. The SMILES string of the molecule is [Cu+2].[Cu+2].[In+3].[In+3].[Se-2].[Se-2].[Se-2].[Se-2].[Se-2]. The summed E-state index contributed by atoms with van der Waals surface area (Å²) in [6.45, 7) is 0. The fraction of sp³-hybridized carbons (Fsp3) is 0. The van der Waals surface area contributed by atoms with Crippen molar-refractivity contribution in [2.75, 3.05) is 0 Å². The predicted molar refractivity (Wildman–Crippen MR) is 40.3 cm³/mol. The van der Waals surface area contributed by atoms with Crippen molar-refractivity contribution in [3.63, 3.8) is 0 Å². The van der Waals surface area contributed by atoms with E-state index < -0.39 is 0 Å². The van der Waals surface area contributed by atoms with E-state index in [9.17, 15) is 0 Å². The largest absolute Gasteiger partial charge is 3.00 e. The molecule has 9 heavy (non-hydrogen) atoms. The standard InChI is InChI=1S/2Cu.2In.5Se/q2*+2;2*+3;5*-2. The van der Waals surface area contributed by atoms with Crippen LogP contribution in [0.25, 0.3) is 0 Å². The fourth-order valence-electron chi connectivity index (χ4n) is 0. The van der Waals surface area contributed by atoms with Crippen LogP contribution in [0.4, 0.5) is 0 Å². The zero-order valence-corrected chi connectivity index (χ0v) is 20.8. The smallest absolute Gasteiger partial charge is 2.00 e. The molecule has 0 saturated carbocycles. The minimum absolute atomic E-state index is 0. The minimum atomic E-state index is 0. The molecule has 0 atom stereocenters. The zero-order valence-electron chi connectivity index (χ0n) is 3.80. The number of rotatable bonds is 0. The molecule has 0 spiro atoms. The molecule has 0 rings (SSSR count). The Balaban J connectivity index is 0. The molecule has 0 saturated heterocycles. The summed E-state index contributed by atoms with van der Waals surface area (Å²) in [5.41, 5.74) is 0. The summed E-state index contributed by atoms with van der Waals surface area (Å²) in [5, 5.41) is 0. The van der Waals surface area contributed by atoms with Gasteiger partial charge >= 0.3 is 85.8 Å². The van der Waals surface area contributed by atoms with Crippen LogP contribution in [0.2, 0.25) is 0 Å². The van der Waals surface area contributed by atoms with E-state index in [1.165, 1.54) is 0 Å². The van der Waals surface area contributed by atoms with Crippen LogP contribution in [0.5, 0.6) is 0 Å². The second-order valence-electron chi connectivity index (χ2n) is 0. The molecule has 0 aromatic heterocycles. The summed E-state index contributed by atoms with van der Waals surface area (Å²) in [6, 6.07) is 0. The van der Waals surface area contributed by atoms with Gasteiger partial charge in [0.2, 0.25) is 0 Å². The van der Waals surface area contributed by atoms with Crippen LogP contribution in [0.3, 0.4) is 0 Å². The van der Waals surface area contributed by atoms with Crippen molar-refractivity contribution in [3.05, 3.63) is 0 Å². The van der Waals surface area contributed by atoms with E-state index in [-0.39, 0.29) is 171 Å². The first-order chi connectivity index (χ1) is 0. The third-order valence-corrected chi connectivity index (χ3v) is 0. The molecule has 0 aromatic carbocycles. The van der Waals surface area contributed by atoms with Gasteiger partial charge in [0.1, 0.15) is 0 Å². The Hall–Kier alpha value is 5.38. The summed E-state index contributed by atoms with van der Waals surface area (Å²) in [6.07, 6.45) is 0. The summed E-state index contributed by atoms with van der Waals surface area (Å²) in [7, 11) is 0. The van der Waals surface area contributed by atoms with Gasteiger partial charge in [-0.15, -0.1) is 0 Å². The van der Waals surface area contributed by atoms with Gasteiger partial charge in [-0.25, -0.2) is 0 Å². The van der Waals surface area contributed by atoms with Gasteiger partial charge in [-0.3, -0.25) is 0 Å². The van der Waals surface area contributed by atoms with Gasteiger partial charge in [0, 0.05) is 0 Å². The first-order valence-corrected chi connectivity index (χ1v) is 0. The third-order valence-electron chi connectivity index (χ3n) is 0. The van der Waals surface area contributed by atoms with Crippen LogP contribution in [0.1, 0.15) is 0 Å². The minimum Gasteiger partial charge on any atom is -2.00 e. The molecule has 0 nitrogen and oxygen atoms in total. The van der Waals surface area contributed by atoms with Gasteiger partial charge in [0.15, 0.2) is 0 Å². The molecule has 0 aliphatic carbocycles. The van der Waals surface area contributed by atoms with Crippen molar-refractivity contribution in [1.82, 2.24) is 0 Å². The van der Waals surface area contributed by atoms with Crippen molar-refractivity contribution in [1.29, 1.82) is 0 Å². The molecule has 0 aliphatic rings. The van der Waals surface area contributed by atoms with Crippen LogP contribution in [-0.4, -0.2) is 137 Å². The van der Waals surface area contributed by atoms with Gasteiger partial charge in [-0.2, -0.15) is 0 Å². The molecule has 0 fully saturated rings. The third kappa shape index (κ3) is 59.9. The van der Waals surface area contributed by atoms with Crippen LogP contribution in [0.15, 0.2) is 0 Å². The maximum atomic E-state index is 0. The van der Waals surface area contributed by atoms with Crippen LogP contribution < -0.4 is 0 Å². The molecule has 0 aromatic rings. The Morgan fingerprint density at radius 3 is 0.333 bits per heavy atom. The summed E-state index contributed by atoms with van der Waals surface area (Å²) in [4.78, 5) is 0. The summed E-state index contributed by atoms with van der Waals surface area (Å²) in [5.74, 6) is 0. The normalized spacial score (nSPS) is 0. The average molecular weight is 752 g/mol. The molecule has 0 unspecified atom stereocenters. The summed E-state index contributed by atoms with van der Waals surface area (Å²) >= 11 is 0. The summed E-state index contributed by atoms with van der Waals surface area (Å²) < 4.78 is 0. The Morgan fingerprint density at radius 2 is 0.333 bits per heavy atom. The number of hydrogen-bond donors (Lipinski definition) is 0. The Kier molecular flexibility index (Phi) is 701. The van der Waals surface area contributed by atoms with E-state index in [1.807, 2.05) is 0 Å². The Labute approximate surface area is 167 Å². The van der Waals surface area contributed by atoms with E-state index in [1.54, 1.807) is 0 Å². The Morgan fingerprint density at radius 1 is 0.333 bits per heavy atom. The molecule has 58 valence electrons. The fourth-order valence-corrected chi connectivity index (χ4v) is 0. The first kappa shape index (κ1) is 89.0. The van der Waals surface area contributed by atoms with Gasteiger partial charge in [-0.05, 0) is 0 Å².